The maximum absolute atomic E-state index is 12.8. The Hall–Kier alpha value is -3.04. The van der Waals surface area contributed by atoms with E-state index in [0.29, 0.717) is 31.8 Å². The van der Waals surface area contributed by atoms with Gasteiger partial charge < -0.3 is 10.3 Å². The lowest BCUT2D eigenvalue weighted by molar-refractivity contribution is -0.126. The molecule has 1 aliphatic rings. The molecule has 0 radical (unpaired) electrons. The molecule has 162 valence electrons. The third-order valence-corrected chi connectivity index (χ3v) is 7.43. The lowest BCUT2D eigenvalue weighted by atomic mass is 9.97. The number of carbonyl (C=O) groups excluding carboxylic acids is 1. The number of aromatic amines is 1. The van der Waals surface area contributed by atoms with Crippen molar-refractivity contribution in [2.24, 2.45) is 5.92 Å². The summed E-state index contributed by atoms with van der Waals surface area (Å²) < 4.78 is 26.9. The smallest absolute Gasteiger partial charge is 0.244 e. The van der Waals surface area contributed by atoms with Crippen molar-refractivity contribution in [1.82, 2.24) is 24.6 Å². The molecule has 0 saturated carbocycles. The monoisotopic (exact) mass is 439 g/mol. The van der Waals surface area contributed by atoms with Gasteiger partial charge in [0.15, 0.2) is 0 Å². The number of carbonyl (C=O) groups is 1. The molecule has 8 nitrogen and oxygen atoms in total. The van der Waals surface area contributed by atoms with Crippen LogP contribution in [0.2, 0.25) is 0 Å². The second-order valence-corrected chi connectivity index (χ2v) is 9.58. The van der Waals surface area contributed by atoms with Gasteiger partial charge in [0.05, 0.1) is 17.9 Å². The number of sulfonamides is 1. The molecule has 3 aromatic rings. The maximum Gasteiger partial charge on any atom is 0.244 e. The summed E-state index contributed by atoms with van der Waals surface area (Å²) in [5.74, 6) is 0.374. The number of benzene rings is 1. The Kier molecular flexibility index (Phi) is 6.15. The minimum atomic E-state index is -3.58. The number of amides is 1. The molecule has 1 atom stereocenters. The van der Waals surface area contributed by atoms with Crippen molar-refractivity contribution >= 4 is 15.9 Å². The highest BCUT2D eigenvalue weighted by Gasteiger charge is 2.32. The van der Waals surface area contributed by atoms with Crippen molar-refractivity contribution < 1.29 is 13.2 Å². The number of piperidine rings is 1. The van der Waals surface area contributed by atoms with Crippen LogP contribution in [0.3, 0.4) is 0 Å². The van der Waals surface area contributed by atoms with E-state index >= 15 is 0 Å². The highest BCUT2D eigenvalue weighted by Crippen LogP contribution is 2.25. The minimum Gasteiger partial charge on any atom is -0.346 e. The van der Waals surface area contributed by atoms with E-state index in [1.54, 1.807) is 18.5 Å². The van der Waals surface area contributed by atoms with Crippen LogP contribution in [0, 0.1) is 5.92 Å². The second-order valence-electron chi connectivity index (χ2n) is 7.65. The Morgan fingerprint density at radius 3 is 2.55 bits per heavy atom. The van der Waals surface area contributed by atoms with Crippen LogP contribution >= 0.6 is 0 Å². The van der Waals surface area contributed by atoms with Crippen molar-refractivity contribution in [3.63, 3.8) is 0 Å². The van der Waals surface area contributed by atoms with E-state index in [2.05, 4.69) is 20.3 Å². The minimum absolute atomic E-state index is 0.0800. The Morgan fingerprint density at radius 1 is 1.13 bits per heavy atom. The number of aromatic nitrogens is 3. The summed E-state index contributed by atoms with van der Waals surface area (Å²) in [7, 11) is -3.58. The summed E-state index contributed by atoms with van der Waals surface area (Å²) >= 11 is 0. The molecule has 4 rings (SSSR count). The molecule has 2 aromatic heterocycles. The number of nitrogens with one attached hydrogen (secondary N) is 2. The number of pyridine rings is 1. The van der Waals surface area contributed by atoms with Crippen LogP contribution in [-0.4, -0.2) is 46.7 Å². The molecule has 3 heterocycles. The second kappa shape index (κ2) is 8.99. The normalized spacial score (nSPS) is 16.7. The first kappa shape index (κ1) is 21.2. The predicted molar refractivity (Wildman–Crippen MR) is 116 cm³/mol. The third-order valence-electron chi connectivity index (χ3n) is 5.55. The SMILES string of the molecule is CC(NC(=O)C1CCN(S(=O)(=O)c2cccnc2)CC1)c1ncc(-c2ccccc2)[nH]1. The Bertz CT molecular complexity index is 1120. The average molecular weight is 440 g/mol. The quantitative estimate of drug-likeness (QED) is 0.614. The van der Waals surface area contributed by atoms with Crippen molar-refractivity contribution in [3.8, 4) is 11.3 Å². The van der Waals surface area contributed by atoms with Gasteiger partial charge in [-0.05, 0) is 37.5 Å². The molecule has 0 bridgehead atoms. The van der Waals surface area contributed by atoms with Gasteiger partial charge in [0.2, 0.25) is 15.9 Å². The molecular formula is C22H25N5O3S. The lowest BCUT2D eigenvalue weighted by Gasteiger charge is -2.31. The maximum atomic E-state index is 12.8. The van der Waals surface area contributed by atoms with E-state index in [0.717, 1.165) is 11.3 Å². The molecule has 2 N–H and O–H groups in total. The molecule has 1 amide bonds. The summed E-state index contributed by atoms with van der Waals surface area (Å²) in [6.45, 7) is 2.50. The van der Waals surface area contributed by atoms with Crippen LogP contribution in [0.4, 0.5) is 0 Å². The average Bonchev–Trinajstić information content (AvgIpc) is 3.31. The van der Waals surface area contributed by atoms with Gasteiger partial charge in [-0.1, -0.05) is 30.3 Å². The zero-order chi connectivity index (χ0) is 21.8. The first-order chi connectivity index (χ1) is 14.9. The summed E-state index contributed by atoms with van der Waals surface area (Å²) in [4.78, 5) is 24.5. The highest BCUT2D eigenvalue weighted by atomic mass is 32.2. The van der Waals surface area contributed by atoms with E-state index in [1.165, 1.54) is 16.6 Å². The molecule has 0 spiro atoms. The fourth-order valence-corrected chi connectivity index (χ4v) is 5.16. The van der Waals surface area contributed by atoms with Gasteiger partial charge >= 0.3 is 0 Å². The van der Waals surface area contributed by atoms with Crippen molar-refractivity contribution in [1.29, 1.82) is 0 Å². The van der Waals surface area contributed by atoms with Crippen LogP contribution in [-0.2, 0) is 14.8 Å². The van der Waals surface area contributed by atoms with E-state index in [1.807, 2.05) is 37.3 Å². The van der Waals surface area contributed by atoms with Crippen LogP contribution in [0.5, 0.6) is 0 Å². The molecule has 1 aromatic carbocycles. The number of imidazole rings is 1. The molecule has 1 unspecified atom stereocenters. The zero-order valence-corrected chi connectivity index (χ0v) is 18.0. The fourth-order valence-electron chi connectivity index (χ4n) is 3.73. The first-order valence-electron chi connectivity index (χ1n) is 10.3. The summed E-state index contributed by atoms with van der Waals surface area (Å²) in [5, 5.41) is 3.01. The van der Waals surface area contributed by atoms with Gasteiger partial charge in [-0.2, -0.15) is 4.31 Å². The van der Waals surface area contributed by atoms with Gasteiger partial charge in [-0.25, -0.2) is 13.4 Å². The van der Waals surface area contributed by atoms with Gasteiger partial charge in [-0.3, -0.25) is 9.78 Å². The van der Waals surface area contributed by atoms with Gasteiger partial charge in [0, 0.05) is 31.4 Å². The van der Waals surface area contributed by atoms with E-state index in [4.69, 9.17) is 0 Å². The number of hydrogen-bond donors (Lipinski definition) is 2. The van der Waals surface area contributed by atoms with Crippen molar-refractivity contribution in [2.75, 3.05) is 13.1 Å². The van der Waals surface area contributed by atoms with Crippen molar-refractivity contribution in [2.45, 2.75) is 30.7 Å². The predicted octanol–water partition coefficient (Wildman–Crippen LogP) is 2.75. The summed E-state index contributed by atoms with van der Waals surface area (Å²) in [6, 6.07) is 12.7. The molecule has 31 heavy (non-hydrogen) atoms. The van der Waals surface area contributed by atoms with E-state index in [9.17, 15) is 13.2 Å². The van der Waals surface area contributed by atoms with Crippen LogP contribution in [0.1, 0.15) is 31.6 Å². The van der Waals surface area contributed by atoms with E-state index in [-0.39, 0.29) is 22.8 Å². The Labute approximate surface area is 181 Å². The first-order valence-corrected chi connectivity index (χ1v) is 11.7. The number of hydrogen-bond acceptors (Lipinski definition) is 5. The van der Waals surface area contributed by atoms with E-state index < -0.39 is 10.0 Å². The van der Waals surface area contributed by atoms with Gasteiger partial charge in [0.1, 0.15) is 10.7 Å². The molecule has 1 aliphatic heterocycles. The van der Waals surface area contributed by atoms with Gasteiger partial charge in [0.25, 0.3) is 0 Å². The molecule has 0 aliphatic carbocycles. The molecule has 1 saturated heterocycles. The highest BCUT2D eigenvalue weighted by molar-refractivity contribution is 7.89. The topological polar surface area (TPSA) is 108 Å². The lowest BCUT2D eigenvalue weighted by Crippen LogP contribution is -2.43. The third kappa shape index (κ3) is 4.67. The zero-order valence-electron chi connectivity index (χ0n) is 17.2. The Morgan fingerprint density at radius 2 is 1.87 bits per heavy atom. The number of rotatable bonds is 6. The van der Waals surface area contributed by atoms with Crippen LogP contribution < -0.4 is 5.32 Å². The van der Waals surface area contributed by atoms with Crippen LogP contribution in [0.25, 0.3) is 11.3 Å². The Balaban J connectivity index is 1.34. The summed E-state index contributed by atoms with van der Waals surface area (Å²) in [5.41, 5.74) is 1.92. The number of H-pyrrole nitrogens is 1. The molecular weight excluding hydrogens is 414 g/mol. The van der Waals surface area contributed by atoms with Crippen LogP contribution in [0.15, 0.2) is 66.0 Å². The molecule has 1 fully saturated rings. The standard InChI is InChI=1S/C22H25N5O3S/c1-16(21-24-15-20(26-21)17-6-3-2-4-7-17)25-22(28)18-9-12-27(13-10-18)31(29,30)19-8-5-11-23-14-19/h2-8,11,14-16,18H,9-10,12-13H2,1H3,(H,24,26)(H,25,28). The van der Waals surface area contributed by atoms with Crippen molar-refractivity contribution in [3.05, 3.63) is 66.9 Å². The molecule has 9 heteroatoms. The summed E-state index contributed by atoms with van der Waals surface area (Å²) in [6.07, 6.45) is 5.60. The number of nitrogens with zero attached hydrogens (tertiary/aromatic N) is 3. The van der Waals surface area contributed by atoms with Gasteiger partial charge in [-0.15, -0.1) is 0 Å². The fraction of sp³-hybridized carbons (Fsp3) is 0.318. The largest absolute Gasteiger partial charge is 0.346 e.